The third-order valence-electron chi connectivity index (χ3n) is 6.10. The molecule has 9 nitrogen and oxygen atoms in total. The molecule has 2 atom stereocenters. The second kappa shape index (κ2) is 10.7. The largest absolute Gasteiger partial charge is 0.445 e. The van der Waals surface area contributed by atoms with Crippen molar-refractivity contribution in [3.05, 3.63) is 65.9 Å². The summed E-state index contributed by atoms with van der Waals surface area (Å²) < 4.78 is 42.4. The number of carbonyl (C=O) groups is 2. The third-order valence-corrected chi connectivity index (χ3v) is 9.17. The minimum absolute atomic E-state index is 0.0698. The second-order valence-electron chi connectivity index (χ2n) is 8.97. The number of hydrogen-bond donors (Lipinski definition) is 1. The molecule has 2 aromatic carbocycles. The molecule has 0 radical (unpaired) electrons. The lowest BCUT2D eigenvalue weighted by atomic mass is 10.1. The zero-order valence-electron chi connectivity index (χ0n) is 20.1. The van der Waals surface area contributed by atoms with Gasteiger partial charge in [-0.3, -0.25) is 14.9 Å². The van der Waals surface area contributed by atoms with Gasteiger partial charge in [0.15, 0.2) is 26.9 Å². The van der Waals surface area contributed by atoms with Gasteiger partial charge in [-0.05, 0) is 56.0 Å². The number of anilines is 1. The molecule has 1 aliphatic carbocycles. The molecule has 2 heterocycles. The standard InChI is InChI=1S/C26H26N2O7S2/c1-16(29)18-3-2-4-19(13-18)34-23-14-27-26(36-23)28-25(30)24(35-20-11-12-33-15-20)17-5-7-21(8-6-17)37(31,32)22-9-10-22/h2-8,13-14,20,22,24H,9-12,15H2,1H3,(H,27,28,30)/t20-,24?/m1/s1. The molecule has 1 unspecified atom stereocenters. The Balaban J connectivity index is 1.31. The van der Waals surface area contributed by atoms with Gasteiger partial charge < -0.3 is 14.2 Å². The number of aromatic nitrogens is 1. The molecule has 194 valence electrons. The maximum Gasteiger partial charge on any atom is 0.259 e. The van der Waals surface area contributed by atoms with Crippen LogP contribution in [-0.4, -0.2) is 49.7 Å². The summed E-state index contributed by atoms with van der Waals surface area (Å²) in [5.41, 5.74) is 1.07. The van der Waals surface area contributed by atoms with Gasteiger partial charge in [-0.25, -0.2) is 13.4 Å². The minimum Gasteiger partial charge on any atom is -0.445 e. The fourth-order valence-electron chi connectivity index (χ4n) is 3.94. The van der Waals surface area contributed by atoms with Crippen molar-refractivity contribution in [1.29, 1.82) is 0 Å². The predicted molar refractivity (Wildman–Crippen MR) is 137 cm³/mol. The van der Waals surface area contributed by atoms with E-state index in [1.54, 1.807) is 36.4 Å². The van der Waals surface area contributed by atoms with Crippen LogP contribution in [0.2, 0.25) is 0 Å². The summed E-state index contributed by atoms with van der Waals surface area (Å²) in [6.45, 7) is 2.41. The average Bonchev–Trinajstić information content (AvgIpc) is 3.47. The van der Waals surface area contributed by atoms with E-state index in [4.69, 9.17) is 14.2 Å². The van der Waals surface area contributed by atoms with Gasteiger partial charge in [-0.15, -0.1) is 0 Å². The topological polar surface area (TPSA) is 121 Å². The van der Waals surface area contributed by atoms with Gasteiger partial charge >= 0.3 is 0 Å². The van der Waals surface area contributed by atoms with Crippen LogP contribution >= 0.6 is 11.3 Å². The number of benzene rings is 2. The zero-order valence-corrected chi connectivity index (χ0v) is 21.7. The SMILES string of the molecule is CC(=O)c1cccc(Oc2cnc(NC(=O)C(O[C@@H]3CCOC3)c3ccc(S(=O)(=O)C4CC4)cc3)s2)c1. The number of nitrogens with one attached hydrogen (secondary N) is 1. The van der Waals surface area contributed by atoms with Crippen LogP contribution in [0.3, 0.4) is 0 Å². The molecule has 1 saturated heterocycles. The van der Waals surface area contributed by atoms with Crippen molar-refractivity contribution >= 4 is 38.0 Å². The predicted octanol–water partition coefficient (Wildman–Crippen LogP) is 4.56. The van der Waals surface area contributed by atoms with Crippen LogP contribution in [0.25, 0.3) is 0 Å². The highest BCUT2D eigenvalue weighted by Crippen LogP contribution is 2.35. The molecule has 1 aromatic heterocycles. The number of ether oxygens (including phenoxy) is 3. The first-order valence-electron chi connectivity index (χ1n) is 11.9. The van der Waals surface area contributed by atoms with Crippen LogP contribution in [0.4, 0.5) is 5.13 Å². The van der Waals surface area contributed by atoms with Crippen molar-refractivity contribution in [3.8, 4) is 10.8 Å². The Labute approximate surface area is 218 Å². The maximum absolute atomic E-state index is 13.3. The van der Waals surface area contributed by atoms with Crippen LogP contribution in [0.1, 0.15) is 48.2 Å². The Kier molecular flexibility index (Phi) is 7.38. The van der Waals surface area contributed by atoms with Gasteiger partial charge in [0.2, 0.25) is 5.06 Å². The molecule has 11 heteroatoms. The number of ketones is 1. The van der Waals surface area contributed by atoms with E-state index in [0.29, 0.717) is 59.5 Å². The summed E-state index contributed by atoms with van der Waals surface area (Å²) in [4.78, 5) is 29.4. The third kappa shape index (κ3) is 6.07. The first-order valence-corrected chi connectivity index (χ1v) is 14.3. The van der Waals surface area contributed by atoms with Gasteiger partial charge in [0.05, 0.1) is 29.1 Å². The van der Waals surface area contributed by atoms with Crippen molar-refractivity contribution in [3.63, 3.8) is 0 Å². The van der Waals surface area contributed by atoms with E-state index in [0.717, 1.165) is 11.3 Å². The van der Waals surface area contributed by atoms with Gasteiger partial charge in [0, 0.05) is 12.2 Å². The van der Waals surface area contributed by atoms with E-state index >= 15 is 0 Å². The van der Waals surface area contributed by atoms with Crippen molar-refractivity contribution in [2.45, 2.75) is 48.5 Å². The molecular formula is C26H26N2O7S2. The molecule has 1 N–H and O–H groups in total. The van der Waals surface area contributed by atoms with Crippen molar-refractivity contribution in [2.75, 3.05) is 18.5 Å². The lowest BCUT2D eigenvalue weighted by Crippen LogP contribution is -2.28. The van der Waals surface area contributed by atoms with Crippen molar-refractivity contribution in [1.82, 2.24) is 4.98 Å². The summed E-state index contributed by atoms with van der Waals surface area (Å²) in [5.74, 6) is -0.0262. The van der Waals surface area contributed by atoms with Crippen LogP contribution in [0.5, 0.6) is 10.8 Å². The number of carbonyl (C=O) groups excluding carboxylic acids is 2. The first kappa shape index (κ1) is 25.5. The number of hydrogen-bond acceptors (Lipinski definition) is 9. The lowest BCUT2D eigenvalue weighted by Gasteiger charge is -2.21. The summed E-state index contributed by atoms with van der Waals surface area (Å²) in [7, 11) is -3.33. The Morgan fingerprint density at radius 2 is 1.92 bits per heavy atom. The summed E-state index contributed by atoms with van der Waals surface area (Å²) >= 11 is 1.13. The molecule has 2 fully saturated rings. The number of nitrogens with zero attached hydrogens (tertiary/aromatic N) is 1. The molecular weight excluding hydrogens is 516 g/mol. The molecule has 0 spiro atoms. The summed E-state index contributed by atoms with van der Waals surface area (Å²) in [6.07, 6.45) is 2.27. The molecule has 3 aromatic rings. The number of amides is 1. The summed E-state index contributed by atoms with van der Waals surface area (Å²) in [5, 5.41) is 3.21. The quantitative estimate of drug-likeness (QED) is 0.370. The number of Topliss-reactive ketones (excluding diaryl/α,β-unsaturated/α-hetero) is 1. The van der Waals surface area contributed by atoms with Crippen molar-refractivity contribution in [2.24, 2.45) is 0 Å². The highest BCUT2D eigenvalue weighted by atomic mass is 32.2. The molecule has 37 heavy (non-hydrogen) atoms. The number of thiazole rings is 1. The fraction of sp³-hybridized carbons (Fsp3) is 0.346. The average molecular weight is 543 g/mol. The van der Waals surface area contributed by atoms with E-state index in [9.17, 15) is 18.0 Å². The molecule has 1 aliphatic heterocycles. The lowest BCUT2D eigenvalue weighted by molar-refractivity contribution is -0.131. The Bertz CT molecular complexity index is 1390. The number of rotatable bonds is 10. The Morgan fingerprint density at radius 1 is 1.14 bits per heavy atom. The normalized spacial score (nSPS) is 18.4. The second-order valence-corrected chi connectivity index (χ2v) is 12.2. The maximum atomic E-state index is 13.3. The fourth-order valence-corrected chi connectivity index (χ4v) is 6.29. The molecule has 1 saturated carbocycles. The van der Waals surface area contributed by atoms with Crippen LogP contribution in [0.15, 0.2) is 59.6 Å². The molecule has 1 amide bonds. The van der Waals surface area contributed by atoms with E-state index in [1.165, 1.54) is 25.3 Å². The highest BCUT2D eigenvalue weighted by Gasteiger charge is 2.37. The van der Waals surface area contributed by atoms with Gasteiger partial charge in [0.1, 0.15) is 5.75 Å². The first-order chi connectivity index (χ1) is 17.8. The van der Waals surface area contributed by atoms with Gasteiger partial charge in [0.25, 0.3) is 5.91 Å². The van der Waals surface area contributed by atoms with Crippen LogP contribution in [-0.2, 0) is 24.1 Å². The molecule has 2 aliphatic rings. The highest BCUT2D eigenvalue weighted by molar-refractivity contribution is 7.92. The Morgan fingerprint density at radius 3 is 2.59 bits per heavy atom. The number of sulfone groups is 1. The van der Waals surface area contributed by atoms with Crippen LogP contribution in [0, 0.1) is 0 Å². The zero-order chi connectivity index (χ0) is 26.0. The van der Waals surface area contributed by atoms with Gasteiger partial charge in [-0.1, -0.05) is 35.6 Å². The minimum atomic E-state index is -3.33. The van der Waals surface area contributed by atoms with Crippen molar-refractivity contribution < 1.29 is 32.2 Å². The van der Waals surface area contributed by atoms with E-state index in [-0.39, 0.29) is 22.0 Å². The van der Waals surface area contributed by atoms with E-state index in [1.807, 2.05) is 0 Å². The van der Waals surface area contributed by atoms with Crippen LogP contribution < -0.4 is 10.1 Å². The molecule has 5 rings (SSSR count). The van der Waals surface area contributed by atoms with E-state index in [2.05, 4.69) is 10.3 Å². The Hall–Kier alpha value is -3.12. The smallest absolute Gasteiger partial charge is 0.259 e. The van der Waals surface area contributed by atoms with Gasteiger partial charge in [-0.2, -0.15) is 0 Å². The van der Waals surface area contributed by atoms with E-state index < -0.39 is 21.8 Å². The summed E-state index contributed by atoms with van der Waals surface area (Å²) in [6, 6.07) is 13.1. The monoisotopic (exact) mass is 542 g/mol. The molecule has 0 bridgehead atoms.